The highest BCUT2D eigenvalue weighted by atomic mass is 16.5. The number of hydrogen-bond acceptors (Lipinski definition) is 6. The molecule has 2 bridgehead atoms. The Hall–Kier alpha value is -4.30. The second-order valence-electron chi connectivity index (χ2n) is 12.9. The third kappa shape index (κ3) is 4.91. The van der Waals surface area contributed by atoms with Gasteiger partial charge in [0.15, 0.2) is 0 Å². The van der Waals surface area contributed by atoms with Gasteiger partial charge >= 0.3 is 0 Å². The molecule has 5 aromatic rings. The average Bonchev–Trinajstić information content (AvgIpc) is 3.81. The second kappa shape index (κ2) is 11.3. The SMILES string of the molecule is O=C(c1cc(-c2ccccn2)no1)N1CCC(CCN2C3CCC2CC(n2cnc4ccccc42)C3)(c2ccccc2)CC1. The molecule has 2 atom stereocenters. The number of carbonyl (C=O) groups excluding carboxylic acids is 1. The van der Waals surface area contributed by atoms with Crippen molar-refractivity contribution in [2.45, 2.75) is 68.5 Å². The maximum Gasteiger partial charge on any atom is 0.292 e. The third-order valence-electron chi connectivity index (χ3n) is 10.6. The molecule has 3 fully saturated rings. The van der Waals surface area contributed by atoms with Gasteiger partial charge in [-0.15, -0.1) is 0 Å². The van der Waals surface area contributed by atoms with Crippen LogP contribution in [0.2, 0.25) is 0 Å². The number of rotatable bonds is 7. The molecule has 3 aliphatic rings. The highest BCUT2D eigenvalue weighted by Gasteiger charge is 2.44. The predicted molar refractivity (Wildman–Crippen MR) is 169 cm³/mol. The van der Waals surface area contributed by atoms with Gasteiger partial charge in [-0.3, -0.25) is 14.7 Å². The number of carbonyl (C=O) groups is 1. The van der Waals surface area contributed by atoms with Crippen molar-refractivity contribution in [3.8, 4) is 11.4 Å². The van der Waals surface area contributed by atoms with Gasteiger partial charge in [-0.05, 0) is 86.7 Å². The smallest absolute Gasteiger partial charge is 0.292 e. The summed E-state index contributed by atoms with van der Waals surface area (Å²) in [6.07, 6.45) is 11.7. The predicted octanol–water partition coefficient (Wildman–Crippen LogP) is 6.52. The van der Waals surface area contributed by atoms with Crippen molar-refractivity contribution in [3.63, 3.8) is 0 Å². The lowest BCUT2D eigenvalue weighted by atomic mass is 9.70. The van der Waals surface area contributed by atoms with E-state index in [9.17, 15) is 4.79 Å². The van der Waals surface area contributed by atoms with E-state index in [1.54, 1.807) is 12.3 Å². The number of hydrogen-bond donors (Lipinski definition) is 0. The van der Waals surface area contributed by atoms with Gasteiger partial charge in [0.1, 0.15) is 5.69 Å². The van der Waals surface area contributed by atoms with Crippen LogP contribution < -0.4 is 0 Å². The molecule has 8 rings (SSSR count). The number of imidazole rings is 1. The van der Waals surface area contributed by atoms with Crippen molar-refractivity contribution in [2.24, 2.45) is 0 Å². The van der Waals surface area contributed by atoms with Gasteiger partial charge < -0.3 is 14.0 Å². The number of likely N-dealkylation sites (tertiary alicyclic amines) is 1. The molecule has 2 aromatic carbocycles. The van der Waals surface area contributed by atoms with E-state index in [0.29, 0.717) is 42.6 Å². The molecule has 6 heterocycles. The highest BCUT2D eigenvalue weighted by molar-refractivity contribution is 5.92. The minimum atomic E-state index is -0.0894. The maximum absolute atomic E-state index is 13.5. The van der Waals surface area contributed by atoms with Gasteiger partial charge in [0.25, 0.3) is 5.91 Å². The van der Waals surface area contributed by atoms with Crippen LogP contribution in [0.25, 0.3) is 22.4 Å². The normalized spacial score (nSPS) is 23.3. The molecule has 224 valence electrons. The Morgan fingerprint density at radius 3 is 2.36 bits per heavy atom. The Morgan fingerprint density at radius 2 is 1.59 bits per heavy atom. The molecule has 0 N–H and O–H groups in total. The first kappa shape index (κ1) is 27.3. The number of pyridine rings is 1. The van der Waals surface area contributed by atoms with Crippen LogP contribution in [0, 0.1) is 0 Å². The van der Waals surface area contributed by atoms with Crippen molar-refractivity contribution in [1.29, 1.82) is 0 Å². The quantitative estimate of drug-likeness (QED) is 0.216. The Bertz CT molecular complexity index is 1730. The van der Waals surface area contributed by atoms with Crippen LogP contribution in [0.1, 0.15) is 67.1 Å². The Balaban J connectivity index is 0.956. The van der Waals surface area contributed by atoms with Gasteiger partial charge in [0.05, 0.1) is 23.1 Å². The van der Waals surface area contributed by atoms with E-state index in [4.69, 9.17) is 4.52 Å². The van der Waals surface area contributed by atoms with Crippen molar-refractivity contribution in [3.05, 3.63) is 103 Å². The monoisotopic (exact) mass is 586 g/mol. The summed E-state index contributed by atoms with van der Waals surface area (Å²) >= 11 is 0. The summed E-state index contributed by atoms with van der Waals surface area (Å²) in [5.74, 6) is 0.191. The van der Waals surface area contributed by atoms with E-state index in [0.717, 1.165) is 31.3 Å². The van der Waals surface area contributed by atoms with E-state index in [1.807, 2.05) is 23.1 Å². The number of amides is 1. The van der Waals surface area contributed by atoms with Crippen LogP contribution in [0.3, 0.4) is 0 Å². The summed E-state index contributed by atoms with van der Waals surface area (Å²) in [7, 11) is 0. The molecule has 0 radical (unpaired) electrons. The molecule has 3 aromatic heterocycles. The molecular weight excluding hydrogens is 548 g/mol. The Labute approximate surface area is 257 Å². The molecule has 44 heavy (non-hydrogen) atoms. The minimum Gasteiger partial charge on any atom is -0.350 e. The maximum atomic E-state index is 13.5. The van der Waals surface area contributed by atoms with Crippen LogP contribution >= 0.6 is 0 Å². The van der Waals surface area contributed by atoms with Gasteiger partial charge in [-0.2, -0.15) is 0 Å². The van der Waals surface area contributed by atoms with Crippen molar-refractivity contribution >= 4 is 16.9 Å². The molecule has 8 heteroatoms. The Kier molecular flexibility index (Phi) is 7.02. The zero-order valence-electron chi connectivity index (χ0n) is 25.0. The van der Waals surface area contributed by atoms with E-state index < -0.39 is 0 Å². The van der Waals surface area contributed by atoms with Crippen molar-refractivity contribution in [1.82, 2.24) is 29.5 Å². The fourth-order valence-electron chi connectivity index (χ4n) is 8.23. The standard InChI is InChI=1S/C36H38N6O2/c43-35(34-24-32(39-44-34)30-10-6-7-18-37-30)40-19-15-36(16-20-40,26-8-2-1-3-9-26)17-21-41-27-13-14-28(41)23-29(22-27)42-25-38-31-11-4-5-12-33(31)42/h1-12,18,24-25,27-29H,13-17,19-23H2. The van der Waals surface area contributed by atoms with Crippen LogP contribution in [0.4, 0.5) is 0 Å². The summed E-state index contributed by atoms with van der Waals surface area (Å²) in [5.41, 5.74) is 5.09. The molecule has 3 saturated heterocycles. The first-order chi connectivity index (χ1) is 21.7. The number of nitrogens with zero attached hydrogens (tertiary/aromatic N) is 6. The summed E-state index contributed by atoms with van der Waals surface area (Å²) in [4.78, 5) is 27.2. The van der Waals surface area contributed by atoms with E-state index in [1.165, 1.54) is 36.8 Å². The molecule has 3 aliphatic heterocycles. The van der Waals surface area contributed by atoms with E-state index in [2.05, 4.69) is 85.5 Å². The highest BCUT2D eigenvalue weighted by Crippen LogP contribution is 2.44. The van der Waals surface area contributed by atoms with E-state index in [-0.39, 0.29) is 17.1 Å². The molecule has 1 amide bonds. The minimum absolute atomic E-state index is 0.0510. The molecular formula is C36H38N6O2. The number of aromatic nitrogens is 4. The van der Waals surface area contributed by atoms with Crippen LogP contribution in [-0.2, 0) is 5.41 Å². The van der Waals surface area contributed by atoms with Crippen LogP contribution in [-0.4, -0.2) is 67.1 Å². The number of para-hydroxylation sites is 2. The summed E-state index contributed by atoms with van der Waals surface area (Å²) < 4.78 is 7.93. The topological polar surface area (TPSA) is 80.3 Å². The molecule has 0 saturated carbocycles. The zero-order chi connectivity index (χ0) is 29.5. The first-order valence-electron chi connectivity index (χ1n) is 16.1. The van der Waals surface area contributed by atoms with Crippen molar-refractivity contribution in [2.75, 3.05) is 19.6 Å². The zero-order valence-corrected chi connectivity index (χ0v) is 25.0. The number of fused-ring (bicyclic) bond motifs is 3. The van der Waals surface area contributed by atoms with Gasteiger partial charge in [0.2, 0.25) is 5.76 Å². The number of benzene rings is 2. The van der Waals surface area contributed by atoms with Crippen molar-refractivity contribution < 1.29 is 9.32 Å². The summed E-state index contributed by atoms with van der Waals surface area (Å²) in [6, 6.07) is 28.6. The lowest BCUT2D eigenvalue weighted by Crippen LogP contribution is -2.49. The van der Waals surface area contributed by atoms with Gasteiger partial charge in [-0.25, -0.2) is 4.98 Å². The average molecular weight is 587 g/mol. The third-order valence-corrected chi connectivity index (χ3v) is 10.6. The summed E-state index contributed by atoms with van der Waals surface area (Å²) in [5, 5.41) is 4.12. The largest absolute Gasteiger partial charge is 0.350 e. The summed E-state index contributed by atoms with van der Waals surface area (Å²) in [6.45, 7) is 2.51. The Morgan fingerprint density at radius 1 is 0.841 bits per heavy atom. The fourth-order valence-corrected chi connectivity index (χ4v) is 8.23. The number of piperidine rings is 2. The lowest BCUT2D eigenvalue weighted by Gasteiger charge is -2.45. The van der Waals surface area contributed by atoms with Crippen LogP contribution in [0.5, 0.6) is 0 Å². The molecule has 2 unspecified atom stereocenters. The first-order valence-corrected chi connectivity index (χ1v) is 16.1. The van der Waals surface area contributed by atoms with E-state index >= 15 is 0 Å². The van der Waals surface area contributed by atoms with Crippen LogP contribution in [0.15, 0.2) is 95.9 Å². The molecule has 0 spiro atoms. The molecule has 0 aliphatic carbocycles. The van der Waals surface area contributed by atoms with Gasteiger partial charge in [-0.1, -0.05) is 53.7 Å². The van der Waals surface area contributed by atoms with Gasteiger partial charge in [0, 0.05) is 43.5 Å². The second-order valence-corrected chi connectivity index (χ2v) is 12.9. The fraction of sp³-hybridized carbons (Fsp3) is 0.389. The molecule has 8 nitrogen and oxygen atoms in total. The lowest BCUT2D eigenvalue weighted by molar-refractivity contribution is 0.0573.